The summed E-state index contributed by atoms with van der Waals surface area (Å²) in [4.78, 5) is 10.5. The molecule has 2 aromatic heterocycles. The summed E-state index contributed by atoms with van der Waals surface area (Å²) in [5, 5.41) is 3.68. The normalized spacial score (nSPS) is 14.7. The maximum atomic E-state index is 5.29. The van der Waals surface area contributed by atoms with Gasteiger partial charge in [-0.1, -0.05) is 185 Å². The number of hydrogen-bond acceptors (Lipinski definition) is 2. The van der Waals surface area contributed by atoms with E-state index in [0.29, 0.717) is 11.7 Å². The molecule has 0 fully saturated rings. The molecule has 0 spiro atoms. The van der Waals surface area contributed by atoms with Crippen LogP contribution >= 0.6 is 0 Å². The van der Waals surface area contributed by atoms with Gasteiger partial charge in [-0.2, -0.15) is 0 Å². The van der Waals surface area contributed by atoms with E-state index in [4.69, 9.17) is 9.97 Å². The molecule has 8 aromatic carbocycles. The largest absolute Gasteiger partial charge is 0.310 e. The maximum Gasteiger partial charge on any atom is 0.160 e. The van der Waals surface area contributed by atoms with Crippen LogP contribution in [0.3, 0.4) is 0 Å². The van der Waals surface area contributed by atoms with E-state index in [1.165, 1.54) is 77.7 Å². The van der Waals surface area contributed by atoms with Crippen molar-refractivity contribution in [3.8, 4) is 73.0 Å². The first-order valence-electron chi connectivity index (χ1n) is 22.1. The zero-order chi connectivity index (χ0) is 42.2. The van der Waals surface area contributed by atoms with Crippen LogP contribution in [0.2, 0.25) is 0 Å². The maximum absolute atomic E-state index is 5.29. The third-order valence-electron chi connectivity index (χ3n) is 13.6. The molecule has 10 aromatic rings. The van der Waals surface area contributed by atoms with Crippen LogP contribution in [0.15, 0.2) is 194 Å². The summed E-state index contributed by atoms with van der Waals surface area (Å²) in [5.41, 5.74) is 20.3. The average molecular weight is 808 g/mol. The van der Waals surface area contributed by atoms with Crippen molar-refractivity contribution >= 4 is 27.8 Å². The number of fused-ring (bicyclic) bond motifs is 7. The van der Waals surface area contributed by atoms with Gasteiger partial charge < -0.3 is 4.57 Å². The number of para-hydroxylation sites is 1. The highest BCUT2D eigenvalue weighted by Gasteiger charge is 2.35. The second kappa shape index (κ2) is 14.5. The van der Waals surface area contributed by atoms with Crippen molar-refractivity contribution in [1.29, 1.82) is 0 Å². The van der Waals surface area contributed by atoms with E-state index in [9.17, 15) is 0 Å². The van der Waals surface area contributed by atoms with Crippen molar-refractivity contribution in [2.75, 3.05) is 0 Å². The van der Waals surface area contributed by atoms with Gasteiger partial charge in [0.1, 0.15) is 0 Å². The molecule has 0 saturated heterocycles. The van der Waals surface area contributed by atoms with Gasteiger partial charge >= 0.3 is 0 Å². The molecule has 0 aliphatic heterocycles. The second-order valence-corrected chi connectivity index (χ2v) is 17.8. The molecule has 1 atom stereocenters. The molecule has 2 aliphatic rings. The van der Waals surface area contributed by atoms with Crippen LogP contribution < -0.4 is 0 Å². The standard InChI is InChI=1S/C60H45N3/c1-38-22-33-57-52(34-38)51-30-28-43(36-58(51)63(57)44-16-8-5-9-17-44)45-31-32-50(47-19-11-10-18-46(45)47)56-37-55(61-59(62-56)41-14-6-4-7-15-41)40-25-23-39(24-26-40)42-27-29-49-48-20-12-13-21-53(48)60(2,3)54(49)35-42/h4-33,35-38H,34H2,1-3H3. The van der Waals surface area contributed by atoms with Crippen LogP contribution in [0, 0.1) is 5.92 Å². The van der Waals surface area contributed by atoms with Gasteiger partial charge in [-0.25, -0.2) is 9.97 Å². The van der Waals surface area contributed by atoms with E-state index >= 15 is 0 Å². The lowest BCUT2D eigenvalue weighted by Gasteiger charge is -2.22. The summed E-state index contributed by atoms with van der Waals surface area (Å²) >= 11 is 0. The Labute approximate surface area is 368 Å². The zero-order valence-electron chi connectivity index (χ0n) is 35.7. The molecule has 0 radical (unpaired) electrons. The van der Waals surface area contributed by atoms with E-state index in [1.54, 1.807) is 0 Å². The minimum Gasteiger partial charge on any atom is -0.310 e. The Kier molecular flexibility index (Phi) is 8.55. The van der Waals surface area contributed by atoms with E-state index in [-0.39, 0.29) is 5.41 Å². The molecule has 2 aliphatic carbocycles. The van der Waals surface area contributed by atoms with E-state index < -0.39 is 0 Å². The summed E-state index contributed by atoms with van der Waals surface area (Å²) in [6, 6.07) is 68.3. The first-order valence-corrected chi connectivity index (χ1v) is 22.1. The van der Waals surface area contributed by atoms with Crippen molar-refractivity contribution in [3.63, 3.8) is 0 Å². The van der Waals surface area contributed by atoms with E-state index in [2.05, 4.69) is 219 Å². The summed E-state index contributed by atoms with van der Waals surface area (Å²) in [6.07, 6.45) is 5.71. The fourth-order valence-electron chi connectivity index (χ4n) is 10.4. The summed E-state index contributed by atoms with van der Waals surface area (Å²) in [5.74, 6) is 1.22. The van der Waals surface area contributed by atoms with Crippen LogP contribution in [-0.2, 0) is 11.8 Å². The van der Waals surface area contributed by atoms with E-state index in [1.807, 2.05) is 6.07 Å². The highest BCUT2D eigenvalue weighted by molar-refractivity contribution is 6.06. The van der Waals surface area contributed by atoms with Crippen LogP contribution in [0.1, 0.15) is 43.2 Å². The fourth-order valence-corrected chi connectivity index (χ4v) is 10.4. The number of hydrogen-bond donors (Lipinski definition) is 0. The van der Waals surface area contributed by atoms with Gasteiger partial charge in [0.05, 0.1) is 16.9 Å². The SMILES string of the molecule is CC1C=Cc2c(c3ccc(-c4ccc(-c5cc(-c6ccc(-c7ccc8c(c7)C(C)(C)c7ccccc7-8)cc6)nc(-c6ccccc6)n5)c5ccccc45)cc3n2-c2ccccc2)C1. The Bertz CT molecular complexity index is 3440. The molecular weight excluding hydrogens is 763 g/mol. The third-order valence-corrected chi connectivity index (χ3v) is 13.6. The number of allylic oxidation sites excluding steroid dienone is 1. The molecular formula is C60H45N3. The predicted molar refractivity (Wildman–Crippen MR) is 263 cm³/mol. The lowest BCUT2D eigenvalue weighted by Crippen LogP contribution is -2.14. The van der Waals surface area contributed by atoms with Crippen molar-refractivity contribution in [2.45, 2.75) is 32.6 Å². The molecule has 3 nitrogen and oxygen atoms in total. The molecule has 0 N–H and O–H groups in total. The van der Waals surface area contributed by atoms with Gasteiger partial charge in [-0.3, -0.25) is 0 Å². The number of rotatable bonds is 6. The van der Waals surface area contributed by atoms with Crippen molar-refractivity contribution in [2.24, 2.45) is 5.92 Å². The Morgan fingerprint density at radius 3 is 1.90 bits per heavy atom. The first kappa shape index (κ1) is 37.2. The lowest BCUT2D eigenvalue weighted by atomic mass is 9.81. The molecule has 2 heterocycles. The van der Waals surface area contributed by atoms with Crippen LogP contribution in [0.4, 0.5) is 0 Å². The van der Waals surface area contributed by atoms with Gasteiger partial charge in [-0.05, 0) is 110 Å². The molecule has 0 amide bonds. The van der Waals surface area contributed by atoms with Crippen LogP contribution in [0.5, 0.6) is 0 Å². The van der Waals surface area contributed by atoms with Crippen molar-refractivity contribution in [3.05, 3.63) is 217 Å². The molecule has 300 valence electrons. The molecule has 12 rings (SSSR count). The molecule has 0 saturated carbocycles. The Balaban J connectivity index is 0.956. The highest BCUT2D eigenvalue weighted by Crippen LogP contribution is 2.50. The second-order valence-electron chi connectivity index (χ2n) is 17.8. The minimum absolute atomic E-state index is 0.0478. The monoisotopic (exact) mass is 807 g/mol. The lowest BCUT2D eigenvalue weighted by molar-refractivity contribution is 0.660. The predicted octanol–water partition coefficient (Wildman–Crippen LogP) is 15.4. The minimum atomic E-state index is -0.0478. The highest BCUT2D eigenvalue weighted by atomic mass is 15.0. The van der Waals surface area contributed by atoms with Gasteiger partial charge in [-0.15, -0.1) is 0 Å². The summed E-state index contributed by atoms with van der Waals surface area (Å²) in [7, 11) is 0. The fraction of sp³-hybridized carbons (Fsp3) is 0.100. The molecule has 3 heteroatoms. The third kappa shape index (κ3) is 6.10. The average Bonchev–Trinajstić information content (AvgIpc) is 3.78. The number of nitrogens with zero attached hydrogens (tertiary/aromatic N) is 3. The van der Waals surface area contributed by atoms with Gasteiger partial charge in [0.15, 0.2) is 5.82 Å². The van der Waals surface area contributed by atoms with Crippen molar-refractivity contribution < 1.29 is 0 Å². The van der Waals surface area contributed by atoms with Crippen molar-refractivity contribution in [1.82, 2.24) is 14.5 Å². The molecule has 0 bridgehead atoms. The van der Waals surface area contributed by atoms with Crippen LogP contribution in [-0.4, -0.2) is 14.5 Å². The smallest absolute Gasteiger partial charge is 0.160 e. The Hall–Kier alpha value is -7.62. The van der Waals surface area contributed by atoms with Gasteiger partial charge in [0, 0.05) is 38.9 Å². The van der Waals surface area contributed by atoms with Gasteiger partial charge in [0.25, 0.3) is 0 Å². The van der Waals surface area contributed by atoms with Crippen LogP contribution in [0.25, 0.3) is 101 Å². The zero-order valence-corrected chi connectivity index (χ0v) is 35.7. The Morgan fingerprint density at radius 1 is 0.476 bits per heavy atom. The number of benzene rings is 8. The van der Waals surface area contributed by atoms with E-state index in [0.717, 1.165) is 39.9 Å². The van der Waals surface area contributed by atoms with Gasteiger partial charge in [0.2, 0.25) is 0 Å². The summed E-state index contributed by atoms with van der Waals surface area (Å²) < 4.78 is 2.44. The quantitative estimate of drug-likeness (QED) is 0.168. The molecule has 1 unspecified atom stereocenters. The molecule has 63 heavy (non-hydrogen) atoms. The summed E-state index contributed by atoms with van der Waals surface area (Å²) in [6.45, 7) is 6.99. The number of aromatic nitrogens is 3. The topological polar surface area (TPSA) is 30.7 Å². The Morgan fingerprint density at radius 2 is 1.10 bits per heavy atom. The first-order chi connectivity index (χ1) is 30.9.